The average Bonchev–Trinajstić information content (AvgIpc) is 2.65. The number of hydrogen-bond donors (Lipinski definition) is 4. The number of carbonyl (C=O) groups is 1. The highest BCUT2D eigenvalue weighted by molar-refractivity contribution is 7.90. The smallest absolute Gasteiger partial charge is 0.264 e. The highest BCUT2D eigenvalue weighted by Gasteiger charge is 2.20. The molecule has 1 unspecified atom stereocenters. The van der Waals surface area contributed by atoms with E-state index in [0.29, 0.717) is 16.4 Å². The van der Waals surface area contributed by atoms with Crippen LogP contribution < -0.4 is 15.4 Å². The number of carbonyl (C=O) groups excluding carboxylic acids is 1. The average molecular weight is 496 g/mol. The van der Waals surface area contributed by atoms with E-state index in [1.165, 1.54) is 12.1 Å². The summed E-state index contributed by atoms with van der Waals surface area (Å²) in [5.41, 5.74) is 1.97. The monoisotopic (exact) mass is 495 g/mol. The number of nitrogens with one attached hydrogen (secondary N) is 3. The minimum atomic E-state index is -4.17. The first-order valence-corrected chi connectivity index (χ1v) is 12.5. The minimum Gasteiger partial charge on any atom is -0.360 e. The second-order valence-corrected chi connectivity index (χ2v) is 10.3. The van der Waals surface area contributed by atoms with Gasteiger partial charge in [-0.15, -0.1) is 0 Å². The molecule has 0 radical (unpaired) electrons. The Morgan fingerprint density at radius 1 is 1.12 bits per heavy atom. The maximum Gasteiger partial charge on any atom is 0.264 e. The Morgan fingerprint density at radius 3 is 2.34 bits per heavy atom. The molecule has 0 aromatic heterocycles. The molecular formula is C21H25N3O5S3. The Morgan fingerprint density at radius 2 is 1.75 bits per heavy atom. The standard InChI is InChI=1S/C21H25N3O5S3/c1-13(2)22-21(30)23-18-10-9-17(20(12-18)32(28,29)24-15(4)25)8-7-16-6-5-14(3)11-19(16)31(26)27/h5-13H,1-4H3,(H,24,25)(H,26,27)(H2,22,23,30)/b8-7+. The van der Waals surface area contributed by atoms with Gasteiger partial charge in [-0.2, -0.15) is 0 Å². The lowest BCUT2D eigenvalue weighted by atomic mass is 10.1. The van der Waals surface area contributed by atoms with Gasteiger partial charge in [-0.3, -0.25) is 4.79 Å². The normalized spacial score (nSPS) is 12.6. The molecule has 0 aliphatic carbocycles. The van der Waals surface area contributed by atoms with E-state index in [2.05, 4.69) is 10.6 Å². The van der Waals surface area contributed by atoms with Crippen molar-refractivity contribution >= 4 is 62.2 Å². The number of benzene rings is 2. The summed E-state index contributed by atoms with van der Waals surface area (Å²) in [7, 11) is -4.17. The molecule has 8 nitrogen and oxygen atoms in total. The third-order valence-corrected chi connectivity index (χ3v) is 6.50. The van der Waals surface area contributed by atoms with Crippen molar-refractivity contribution in [3.63, 3.8) is 0 Å². The predicted octanol–water partition coefficient (Wildman–Crippen LogP) is 3.27. The van der Waals surface area contributed by atoms with Crippen molar-refractivity contribution in [2.24, 2.45) is 0 Å². The second kappa shape index (κ2) is 10.8. The molecule has 2 aromatic rings. The van der Waals surface area contributed by atoms with Gasteiger partial charge >= 0.3 is 0 Å². The molecule has 0 saturated heterocycles. The third kappa shape index (κ3) is 7.23. The Kier molecular flexibility index (Phi) is 8.67. The van der Waals surface area contributed by atoms with Crippen LogP contribution in [0.4, 0.5) is 5.69 Å². The summed E-state index contributed by atoms with van der Waals surface area (Å²) in [5.74, 6) is -0.730. The first-order chi connectivity index (χ1) is 14.9. The lowest BCUT2D eigenvalue weighted by Crippen LogP contribution is -2.34. The van der Waals surface area contributed by atoms with Crippen molar-refractivity contribution < 1.29 is 22.0 Å². The van der Waals surface area contributed by atoms with Crippen molar-refractivity contribution in [3.8, 4) is 0 Å². The summed E-state index contributed by atoms with van der Waals surface area (Å²) >= 11 is 3.00. The molecule has 32 heavy (non-hydrogen) atoms. The number of hydrogen-bond acceptors (Lipinski definition) is 5. The number of aryl methyl sites for hydroxylation is 1. The van der Waals surface area contributed by atoms with Crippen molar-refractivity contribution in [1.82, 2.24) is 10.0 Å². The SMILES string of the molecule is CC(=O)NS(=O)(=O)c1cc(NC(=S)NC(C)C)ccc1/C=C/c1ccc(C)cc1S(=O)O. The van der Waals surface area contributed by atoms with E-state index in [0.717, 1.165) is 12.5 Å². The molecule has 0 bridgehead atoms. The first kappa shape index (κ1) is 25.7. The molecule has 172 valence electrons. The van der Waals surface area contributed by atoms with Crippen molar-refractivity contribution in [2.45, 2.75) is 43.5 Å². The summed E-state index contributed by atoms with van der Waals surface area (Å²) in [5, 5.41) is 6.24. The number of amides is 1. The first-order valence-electron chi connectivity index (χ1n) is 9.53. The van der Waals surface area contributed by atoms with Crippen LogP contribution in [0.15, 0.2) is 46.2 Å². The van der Waals surface area contributed by atoms with Crippen LogP contribution >= 0.6 is 12.2 Å². The summed E-state index contributed by atoms with van der Waals surface area (Å²) in [6.07, 6.45) is 3.05. The summed E-state index contributed by atoms with van der Waals surface area (Å²) < 4.78 is 48.7. The second-order valence-electron chi connectivity index (χ2n) is 7.29. The van der Waals surface area contributed by atoms with Gasteiger partial charge in [0.05, 0.1) is 9.79 Å². The highest BCUT2D eigenvalue weighted by atomic mass is 32.2. The lowest BCUT2D eigenvalue weighted by molar-refractivity contribution is -0.117. The molecule has 11 heteroatoms. The van der Waals surface area contributed by atoms with E-state index < -0.39 is 27.0 Å². The molecule has 0 aliphatic heterocycles. The van der Waals surface area contributed by atoms with E-state index in [1.54, 1.807) is 43.3 Å². The van der Waals surface area contributed by atoms with Crippen LogP contribution in [-0.2, 0) is 25.9 Å². The van der Waals surface area contributed by atoms with E-state index in [9.17, 15) is 22.0 Å². The number of anilines is 1. The largest absolute Gasteiger partial charge is 0.360 e. The van der Waals surface area contributed by atoms with Crippen molar-refractivity contribution in [3.05, 3.63) is 53.1 Å². The van der Waals surface area contributed by atoms with Gasteiger partial charge in [0.1, 0.15) is 0 Å². The summed E-state index contributed by atoms with van der Waals surface area (Å²) in [6.45, 7) is 6.72. The molecule has 2 aromatic carbocycles. The number of sulfonamides is 1. The zero-order valence-corrected chi connectivity index (χ0v) is 20.5. The molecular weight excluding hydrogens is 470 g/mol. The van der Waals surface area contributed by atoms with E-state index in [-0.39, 0.29) is 21.4 Å². The fourth-order valence-electron chi connectivity index (χ4n) is 2.77. The van der Waals surface area contributed by atoms with Crippen molar-refractivity contribution in [1.29, 1.82) is 0 Å². The molecule has 0 spiro atoms. The molecule has 0 aliphatic rings. The van der Waals surface area contributed by atoms with E-state index in [1.807, 2.05) is 18.6 Å². The molecule has 0 heterocycles. The predicted molar refractivity (Wildman–Crippen MR) is 131 cm³/mol. The van der Waals surface area contributed by atoms with Gasteiger partial charge < -0.3 is 15.2 Å². The van der Waals surface area contributed by atoms with Crippen LogP contribution in [-0.4, -0.2) is 34.2 Å². The highest BCUT2D eigenvalue weighted by Crippen LogP contribution is 2.24. The van der Waals surface area contributed by atoms with Crippen LogP contribution in [0.3, 0.4) is 0 Å². The van der Waals surface area contributed by atoms with Crippen LogP contribution in [0.5, 0.6) is 0 Å². The fraction of sp³-hybridized carbons (Fsp3) is 0.238. The summed E-state index contributed by atoms with van der Waals surface area (Å²) in [6, 6.07) is 9.67. The zero-order chi connectivity index (χ0) is 24.1. The van der Waals surface area contributed by atoms with Crippen molar-refractivity contribution in [2.75, 3.05) is 5.32 Å². The molecule has 4 N–H and O–H groups in total. The van der Waals surface area contributed by atoms with E-state index >= 15 is 0 Å². The van der Waals surface area contributed by atoms with Crippen LogP contribution in [0.1, 0.15) is 37.5 Å². The van der Waals surface area contributed by atoms with Gasteiger partial charge in [0.15, 0.2) is 16.2 Å². The summed E-state index contributed by atoms with van der Waals surface area (Å²) in [4.78, 5) is 11.5. The lowest BCUT2D eigenvalue weighted by Gasteiger charge is -2.15. The molecule has 1 amide bonds. The molecule has 1 atom stereocenters. The Labute approximate surface area is 195 Å². The zero-order valence-electron chi connectivity index (χ0n) is 18.0. The molecule has 0 saturated carbocycles. The maximum atomic E-state index is 12.8. The number of rotatable bonds is 7. The Balaban J connectivity index is 2.52. The molecule has 0 fully saturated rings. The van der Waals surface area contributed by atoms with Gasteiger partial charge in [-0.05, 0) is 67.9 Å². The van der Waals surface area contributed by atoms with Gasteiger partial charge in [-0.25, -0.2) is 17.3 Å². The van der Waals surface area contributed by atoms with Crippen LogP contribution in [0.25, 0.3) is 12.2 Å². The maximum absolute atomic E-state index is 12.8. The number of thiocarbonyl (C=S) groups is 1. The minimum absolute atomic E-state index is 0.0839. The van der Waals surface area contributed by atoms with Gasteiger partial charge in [0, 0.05) is 18.7 Å². The van der Waals surface area contributed by atoms with E-state index in [4.69, 9.17) is 12.2 Å². The van der Waals surface area contributed by atoms with Crippen LogP contribution in [0.2, 0.25) is 0 Å². The van der Waals surface area contributed by atoms with Gasteiger partial charge in [-0.1, -0.05) is 30.4 Å². The Hall–Kier alpha value is -2.60. The quantitative estimate of drug-likeness (QED) is 0.262. The fourth-order valence-corrected chi connectivity index (χ4v) is 4.96. The van der Waals surface area contributed by atoms with Crippen LogP contribution in [0, 0.1) is 6.92 Å². The molecule has 2 rings (SSSR count). The topological polar surface area (TPSA) is 125 Å². The Bertz CT molecular complexity index is 1190. The van der Waals surface area contributed by atoms with Gasteiger partial charge in [0.25, 0.3) is 10.0 Å². The third-order valence-electron chi connectivity index (χ3n) is 4.06. The van der Waals surface area contributed by atoms with Gasteiger partial charge in [0.2, 0.25) is 5.91 Å².